The molecule has 1 atom stereocenters. The molecule has 7 heteroatoms. The van der Waals surface area contributed by atoms with Gasteiger partial charge in [0.1, 0.15) is 5.82 Å². The molecule has 0 spiro atoms. The average Bonchev–Trinajstić information content (AvgIpc) is 2.88. The molecule has 3 aromatic carbocycles. The van der Waals surface area contributed by atoms with Crippen molar-refractivity contribution < 1.29 is 8.42 Å². The number of para-hydroxylation sites is 1. The molecule has 0 radical (unpaired) electrons. The second-order valence-corrected chi connectivity index (χ2v) is 11.6. The van der Waals surface area contributed by atoms with E-state index in [2.05, 4.69) is 6.92 Å². The van der Waals surface area contributed by atoms with Gasteiger partial charge in [-0.3, -0.25) is 9.36 Å². The zero-order chi connectivity index (χ0) is 26.7. The normalized spacial score (nSPS) is 12.8. The second-order valence-electron chi connectivity index (χ2n) is 9.71. The Morgan fingerprint density at radius 3 is 2.30 bits per heavy atom. The lowest BCUT2D eigenvalue weighted by atomic mass is 10.1. The Balaban J connectivity index is 1.94. The third-order valence-corrected chi connectivity index (χ3v) is 8.95. The van der Waals surface area contributed by atoms with Gasteiger partial charge in [-0.2, -0.15) is 4.31 Å². The average molecular weight is 518 g/mol. The highest BCUT2D eigenvalue weighted by Gasteiger charge is 2.32. The van der Waals surface area contributed by atoms with E-state index in [4.69, 9.17) is 4.98 Å². The maximum atomic E-state index is 14.0. The van der Waals surface area contributed by atoms with Gasteiger partial charge in [-0.05, 0) is 81.6 Å². The lowest BCUT2D eigenvalue weighted by Gasteiger charge is -2.30. The Bertz CT molecular complexity index is 1570. The van der Waals surface area contributed by atoms with Crippen molar-refractivity contribution in [2.45, 2.75) is 64.8 Å². The van der Waals surface area contributed by atoms with Gasteiger partial charge < -0.3 is 0 Å². The highest BCUT2D eigenvalue weighted by molar-refractivity contribution is 7.89. The zero-order valence-electron chi connectivity index (χ0n) is 22.2. The van der Waals surface area contributed by atoms with E-state index >= 15 is 0 Å². The maximum Gasteiger partial charge on any atom is 0.266 e. The summed E-state index contributed by atoms with van der Waals surface area (Å²) in [5, 5.41) is 0.496. The molecule has 0 aliphatic carbocycles. The van der Waals surface area contributed by atoms with Gasteiger partial charge >= 0.3 is 0 Å². The first-order valence-corrected chi connectivity index (χ1v) is 14.3. The lowest BCUT2D eigenvalue weighted by molar-refractivity contribution is 0.320. The highest BCUT2D eigenvalue weighted by Crippen LogP contribution is 2.29. The molecule has 0 fully saturated rings. The summed E-state index contributed by atoms with van der Waals surface area (Å²) in [4.78, 5) is 19.0. The van der Waals surface area contributed by atoms with E-state index < -0.39 is 16.1 Å². The molecule has 0 aliphatic heterocycles. The molecular formula is C30H35N3O3S. The molecule has 4 rings (SSSR count). The van der Waals surface area contributed by atoms with Crippen LogP contribution in [0.2, 0.25) is 0 Å². The van der Waals surface area contributed by atoms with E-state index in [1.165, 1.54) is 4.31 Å². The highest BCUT2D eigenvalue weighted by atomic mass is 32.2. The predicted molar refractivity (Wildman–Crippen MR) is 150 cm³/mol. The molecule has 0 amide bonds. The number of aromatic nitrogens is 2. The standard InChI is InChI=1S/C30H35N3O3S/c1-6-7-10-19-32(37(35,36)26-17-13-21(2)14-18-26)24(5)29-31-28-12-9-8-11-27(28)30(34)33(29)25-16-15-22(3)23(4)20-25/h8-9,11-18,20,24H,6-7,10,19H2,1-5H3. The quantitative estimate of drug-likeness (QED) is 0.246. The van der Waals surface area contributed by atoms with Crippen LogP contribution in [-0.4, -0.2) is 28.8 Å². The first-order valence-electron chi connectivity index (χ1n) is 12.8. The largest absolute Gasteiger partial charge is 0.268 e. The monoisotopic (exact) mass is 517 g/mol. The van der Waals surface area contributed by atoms with Gasteiger partial charge in [0, 0.05) is 6.54 Å². The molecular weight excluding hydrogens is 482 g/mol. The van der Waals surface area contributed by atoms with Crippen molar-refractivity contribution >= 4 is 20.9 Å². The van der Waals surface area contributed by atoms with Gasteiger partial charge in [0.2, 0.25) is 10.0 Å². The summed E-state index contributed by atoms with van der Waals surface area (Å²) >= 11 is 0. The number of rotatable bonds is 9. The molecule has 0 saturated carbocycles. The van der Waals surface area contributed by atoms with Gasteiger partial charge in [-0.25, -0.2) is 13.4 Å². The molecule has 0 saturated heterocycles. The van der Waals surface area contributed by atoms with E-state index in [0.29, 0.717) is 35.4 Å². The molecule has 1 heterocycles. The number of nitrogens with zero attached hydrogens (tertiary/aromatic N) is 3. The lowest BCUT2D eigenvalue weighted by Crippen LogP contribution is -2.38. The summed E-state index contributed by atoms with van der Waals surface area (Å²) in [6.07, 6.45) is 2.59. The van der Waals surface area contributed by atoms with Crippen LogP contribution in [0, 0.1) is 20.8 Å². The first kappa shape index (κ1) is 26.8. The summed E-state index contributed by atoms with van der Waals surface area (Å²) in [6, 6.07) is 19.3. The van der Waals surface area contributed by atoms with Crippen molar-refractivity contribution in [2.75, 3.05) is 6.54 Å². The fraction of sp³-hybridized carbons (Fsp3) is 0.333. The molecule has 6 nitrogen and oxygen atoms in total. The summed E-state index contributed by atoms with van der Waals surface area (Å²) in [7, 11) is -3.85. The molecule has 0 aliphatic rings. The third-order valence-electron chi connectivity index (χ3n) is 6.97. The minimum absolute atomic E-state index is 0.211. The maximum absolute atomic E-state index is 14.0. The van der Waals surface area contributed by atoms with Crippen LogP contribution >= 0.6 is 0 Å². The molecule has 0 bridgehead atoms. The molecule has 4 aromatic rings. The van der Waals surface area contributed by atoms with Gasteiger partial charge in [0.05, 0.1) is 27.5 Å². The summed E-state index contributed by atoms with van der Waals surface area (Å²) < 4.78 is 31.0. The fourth-order valence-electron chi connectivity index (χ4n) is 4.56. The minimum atomic E-state index is -3.85. The van der Waals surface area contributed by atoms with Crippen LogP contribution < -0.4 is 5.56 Å². The SMILES string of the molecule is CCCCCN(C(C)c1nc2ccccc2c(=O)n1-c1ccc(C)c(C)c1)S(=O)(=O)c1ccc(C)cc1. The smallest absolute Gasteiger partial charge is 0.266 e. The summed E-state index contributed by atoms with van der Waals surface area (Å²) in [5.74, 6) is 0.402. The van der Waals surface area contributed by atoms with E-state index in [-0.39, 0.29) is 10.5 Å². The van der Waals surface area contributed by atoms with Crippen molar-refractivity contribution in [2.24, 2.45) is 0 Å². The summed E-state index contributed by atoms with van der Waals surface area (Å²) in [6.45, 7) is 10.2. The molecule has 0 N–H and O–H groups in total. The zero-order valence-corrected chi connectivity index (χ0v) is 23.0. The van der Waals surface area contributed by atoms with Gasteiger partial charge in [-0.1, -0.05) is 55.7 Å². The summed E-state index contributed by atoms with van der Waals surface area (Å²) in [5.41, 5.74) is 4.16. The molecule has 37 heavy (non-hydrogen) atoms. The molecule has 1 aromatic heterocycles. The van der Waals surface area contributed by atoms with E-state index in [0.717, 1.165) is 29.5 Å². The van der Waals surface area contributed by atoms with Crippen molar-refractivity contribution in [1.29, 1.82) is 0 Å². The molecule has 194 valence electrons. The van der Waals surface area contributed by atoms with Crippen LogP contribution in [0.25, 0.3) is 16.6 Å². The Morgan fingerprint density at radius 1 is 0.919 bits per heavy atom. The number of hydrogen-bond acceptors (Lipinski definition) is 4. The topological polar surface area (TPSA) is 72.3 Å². The number of hydrogen-bond donors (Lipinski definition) is 0. The van der Waals surface area contributed by atoms with E-state index in [9.17, 15) is 13.2 Å². The number of fused-ring (bicyclic) bond motifs is 1. The van der Waals surface area contributed by atoms with Gasteiger partial charge in [0.25, 0.3) is 5.56 Å². The number of unbranched alkanes of at least 4 members (excludes halogenated alkanes) is 2. The van der Waals surface area contributed by atoms with Crippen LogP contribution in [0.3, 0.4) is 0 Å². The van der Waals surface area contributed by atoms with Gasteiger partial charge in [-0.15, -0.1) is 0 Å². The van der Waals surface area contributed by atoms with Crippen LogP contribution in [0.4, 0.5) is 0 Å². The van der Waals surface area contributed by atoms with E-state index in [1.54, 1.807) is 41.0 Å². The van der Waals surface area contributed by atoms with Crippen LogP contribution in [0.15, 0.2) is 76.4 Å². The predicted octanol–water partition coefficient (Wildman–Crippen LogP) is 6.25. The fourth-order valence-corrected chi connectivity index (χ4v) is 6.19. The number of benzene rings is 3. The number of sulfonamides is 1. The molecule has 1 unspecified atom stereocenters. The van der Waals surface area contributed by atoms with E-state index in [1.807, 2.05) is 58.0 Å². The first-order chi connectivity index (χ1) is 17.6. The Kier molecular flexibility index (Phi) is 7.95. The Labute approximate surface area is 219 Å². The number of aryl methyl sites for hydroxylation is 3. The van der Waals surface area contributed by atoms with Crippen molar-refractivity contribution in [3.8, 4) is 5.69 Å². The second kappa shape index (κ2) is 11.0. The Hall–Kier alpha value is -3.29. The third kappa shape index (κ3) is 5.38. The van der Waals surface area contributed by atoms with Crippen molar-refractivity contribution in [1.82, 2.24) is 13.9 Å². The van der Waals surface area contributed by atoms with Crippen molar-refractivity contribution in [3.63, 3.8) is 0 Å². The minimum Gasteiger partial charge on any atom is -0.268 e. The van der Waals surface area contributed by atoms with Crippen LogP contribution in [-0.2, 0) is 10.0 Å². The Morgan fingerprint density at radius 2 is 1.62 bits per heavy atom. The van der Waals surface area contributed by atoms with Gasteiger partial charge in [0.15, 0.2) is 0 Å². The van der Waals surface area contributed by atoms with Crippen LogP contribution in [0.5, 0.6) is 0 Å². The van der Waals surface area contributed by atoms with Crippen LogP contribution in [0.1, 0.15) is 61.7 Å². The van der Waals surface area contributed by atoms with Crippen molar-refractivity contribution in [3.05, 3.63) is 99.6 Å².